The van der Waals surface area contributed by atoms with Crippen molar-refractivity contribution in [3.05, 3.63) is 59.2 Å². The van der Waals surface area contributed by atoms with E-state index in [1.165, 1.54) is 7.11 Å². The van der Waals surface area contributed by atoms with Crippen molar-refractivity contribution in [3.8, 4) is 23.0 Å². The van der Waals surface area contributed by atoms with Crippen molar-refractivity contribution in [3.63, 3.8) is 0 Å². The molecule has 10 nitrogen and oxygen atoms in total. The van der Waals surface area contributed by atoms with Crippen LogP contribution in [-0.2, 0) is 34.1 Å². The fraction of sp³-hybridized carbons (Fsp3) is 0.429. The molecule has 2 amide bonds. The number of amides is 2. The number of ether oxygens (including phenoxy) is 4. The van der Waals surface area contributed by atoms with E-state index in [1.54, 1.807) is 18.2 Å². The first-order valence-electron chi connectivity index (χ1n) is 12.8. The lowest BCUT2D eigenvalue weighted by atomic mass is 9.96. The molecule has 1 atom stereocenters. The molecule has 0 saturated heterocycles. The molecule has 0 saturated carbocycles. The highest BCUT2D eigenvalue weighted by Crippen LogP contribution is 2.38. The molecule has 0 fully saturated rings. The molecule has 39 heavy (non-hydrogen) atoms. The number of methoxy groups -OCH3 is 1. The van der Waals surface area contributed by atoms with Crippen molar-refractivity contribution in [1.29, 1.82) is 0 Å². The summed E-state index contributed by atoms with van der Waals surface area (Å²) in [6.07, 6.45) is 5.22. The quantitative estimate of drug-likeness (QED) is 0.265. The SMILES string of the molecule is C=CCc1c(OCCCOc2ccc3c(c2CCC)OC(C(=O)NS(C)(=O)=O)CC3)ccc(C(N)=O)c1OC. The fourth-order valence-corrected chi connectivity index (χ4v) is 4.97. The van der Waals surface area contributed by atoms with E-state index in [0.717, 1.165) is 23.8 Å². The minimum absolute atomic E-state index is 0.277. The molecule has 0 radical (unpaired) electrons. The maximum absolute atomic E-state index is 12.4. The van der Waals surface area contributed by atoms with Gasteiger partial charge in [-0.15, -0.1) is 6.58 Å². The zero-order valence-corrected chi connectivity index (χ0v) is 23.4. The van der Waals surface area contributed by atoms with E-state index < -0.39 is 27.9 Å². The van der Waals surface area contributed by atoms with Crippen LogP contribution in [0.5, 0.6) is 23.0 Å². The molecule has 0 aromatic heterocycles. The molecule has 3 rings (SSSR count). The van der Waals surface area contributed by atoms with E-state index in [1.807, 2.05) is 23.8 Å². The first-order chi connectivity index (χ1) is 18.6. The van der Waals surface area contributed by atoms with Gasteiger partial charge in [-0.3, -0.25) is 14.3 Å². The predicted molar refractivity (Wildman–Crippen MR) is 147 cm³/mol. The van der Waals surface area contributed by atoms with Gasteiger partial charge in [-0.1, -0.05) is 25.5 Å². The van der Waals surface area contributed by atoms with Crippen LogP contribution in [0.3, 0.4) is 0 Å². The summed E-state index contributed by atoms with van der Waals surface area (Å²) in [6.45, 7) is 6.51. The third-order valence-corrected chi connectivity index (χ3v) is 6.72. The lowest BCUT2D eigenvalue weighted by molar-refractivity contribution is -0.126. The Morgan fingerprint density at radius 2 is 1.82 bits per heavy atom. The summed E-state index contributed by atoms with van der Waals surface area (Å²) in [5, 5.41) is 0. The molecule has 0 bridgehead atoms. The van der Waals surface area contributed by atoms with Gasteiger partial charge in [0.25, 0.3) is 11.8 Å². The van der Waals surface area contributed by atoms with Gasteiger partial charge < -0.3 is 24.7 Å². The van der Waals surface area contributed by atoms with Crippen molar-refractivity contribution < 1.29 is 37.0 Å². The van der Waals surface area contributed by atoms with Gasteiger partial charge in [-0.25, -0.2) is 8.42 Å². The van der Waals surface area contributed by atoms with Crippen LogP contribution in [-0.4, -0.2) is 52.9 Å². The smallest absolute Gasteiger partial charge is 0.274 e. The third-order valence-electron chi connectivity index (χ3n) is 6.15. The van der Waals surface area contributed by atoms with E-state index in [2.05, 4.69) is 6.58 Å². The van der Waals surface area contributed by atoms with E-state index in [-0.39, 0.29) is 5.56 Å². The molecular weight excluding hydrogens is 524 g/mol. The monoisotopic (exact) mass is 560 g/mol. The molecular formula is C28H36N2O8S. The average molecular weight is 561 g/mol. The summed E-state index contributed by atoms with van der Waals surface area (Å²) >= 11 is 0. The number of carbonyl (C=O) groups excluding carboxylic acids is 2. The van der Waals surface area contributed by atoms with Crippen LogP contribution in [0.1, 0.15) is 53.2 Å². The molecule has 1 unspecified atom stereocenters. The Morgan fingerprint density at radius 1 is 1.15 bits per heavy atom. The number of aryl methyl sites for hydroxylation is 1. The summed E-state index contributed by atoms with van der Waals surface area (Å²) < 4.78 is 48.5. The van der Waals surface area contributed by atoms with Crippen LogP contribution < -0.4 is 29.4 Å². The highest BCUT2D eigenvalue weighted by molar-refractivity contribution is 7.89. The van der Waals surface area contributed by atoms with E-state index >= 15 is 0 Å². The van der Waals surface area contributed by atoms with Gasteiger partial charge in [-0.05, 0) is 49.4 Å². The van der Waals surface area contributed by atoms with Crippen LogP contribution in [0.15, 0.2) is 36.9 Å². The second kappa shape index (κ2) is 13.4. The zero-order chi connectivity index (χ0) is 28.6. The Bertz CT molecular complexity index is 1320. The van der Waals surface area contributed by atoms with Crippen LogP contribution in [0.25, 0.3) is 0 Å². The van der Waals surface area contributed by atoms with Gasteiger partial charge in [0.2, 0.25) is 10.0 Å². The maximum Gasteiger partial charge on any atom is 0.274 e. The summed E-state index contributed by atoms with van der Waals surface area (Å²) in [5.74, 6) is 0.921. The van der Waals surface area contributed by atoms with E-state index in [9.17, 15) is 18.0 Å². The van der Waals surface area contributed by atoms with Crippen LogP contribution in [0, 0.1) is 0 Å². The Morgan fingerprint density at radius 3 is 2.41 bits per heavy atom. The molecule has 11 heteroatoms. The Kier molecular flexibility index (Phi) is 10.2. The second-order valence-electron chi connectivity index (χ2n) is 9.19. The number of allylic oxidation sites excluding steroid dienone is 1. The van der Waals surface area contributed by atoms with Gasteiger partial charge in [0.05, 0.1) is 32.1 Å². The molecule has 3 N–H and O–H groups in total. The Balaban J connectivity index is 1.67. The topological polar surface area (TPSA) is 143 Å². The summed E-state index contributed by atoms with van der Waals surface area (Å²) in [6, 6.07) is 7.09. The molecule has 2 aromatic carbocycles. The second-order valence-corrected chi connectivity index (χ2v) is 10.9. The number of hydrogen-bond acceptors (Lipinski definition) is 8. The molecule has 0 aliphatic carbocycles. The molecule has 1 aliphatic heterocycles. The first-order valence-corrected chi connectivity index (χ1v) is 14.7. The van der Waals surface area contributed by atoms with Crippen molar-refractivity contribution >= 4 is 21.8 Å². The van der Waals surface area contributed by atoms with E-state index in [0.29, 0.717) is 73.9 Å². The summed E-state index contributed by atoms with van der Waals surface area (Å²) in [4.78, 5) is 24.2. The normalized spacial score (nSPS) is 14.5. The van der Waals surface area contributed by atoms with Crippen LogP contribution >= 0.6 is 0 Å². The number of fused-ring (bicyclic) bond motifs is 1. The zero-order valence-electron chi connectivity index (χ0n) is 22.6. The largest absolute Gasteiger partial charge is 0.495 e. The highest BCUT2D eigenvalue weighted by atomic mass is 32.2. The van der Waals surface area contributed by atoms with Crippen molar-refractivity contribution in [2.75, 3.05) is 26.6 Å². The molecule has 2 aromatic rings. The molecule has 212 valence electrons. The van der Waals surface area contributed by atoms with Crippen molar-refractivity contribution in [1.82, 2.24) is 4.72 Å². The molecule has 1 aliphatic rings. The molecule has 0 spiro atoms. The number of primary amides is 1. The van der Waals surface area contributed by atoms with Gasteiger partial charge in [0, 0.05) is 17.5 Å². The van der Waals surface area contributed by atoms with Gasteiger partial charge >= 0.3 is 0 Å². The maximum atomic E-state index is 12.4. The summed E-state index contributed by atoms with van der Waals surface area (Å²) in [5.41, 5.74) is 8.25. The minimum Gasteiger partial charge on any atom is -0.495 e. The average Bonchev–Trinajstić information content (AvgIpc) is 2.88. The van der Waals surface area contributed by atoms with Crippen LogP contribution in [0.4, 0.5) is 0 Å². The van der Waals surface area contributed by atoms with Gasteiger partial charge in [0.15, 0.2) is 6.10 Å². The highest BCUT2D eigenvalue weighted by Gasteiger charge is 2.30. The van der Waals surface area contributed by atoms with Crippen molar-refractivity contribution in [2.24, 2.45) is 5.73 Å². The van der Waals surface area contributed by atoms with Crippen LogP contribution in [0.2, 0.25) is 0 Å². The van der Waals surface area contributed by atoms with Crippen molar-refractivity contribution in [2.45, 2.75) is 51.6 Å². The predicted octanol–water partition coefficient (Wildman–Crippen LogP) is 3.09. The standard InChI is InChI=1S/C28H36N2O8S/c1-5-8-19-22(13-10-18-11-14-24(38-25(18)19)28(32)30-39(4,33)34)36-16-7-17-37-23-15-12-21(27(29)31)26(35-3)20(23)9-6-2/h6,10,12-13,15,24H,2,5,7-9,11,14,16-17H2,1,3-4H3,(H2,29,31)(H,30,32). The fourth-order valence-electron chi connectivity index (χ4n) is 4.48. The number of rotatable bonds is 14. The molecule has 1 heterocycles. The Hall–Kier alpha value is -3.73. The number of hydrogen-bond donors (Lipinski definition) is 2. The van der Waals surface area contributed by atoms with Gasteiger partial charge in [0.1, 0.15) is 23.0 Å². The third kappa shape index (κ3) is 7.66. The number of sulfonamides is 1. The van der Waals surface area contributed by atoms with E-state index in [4.69, 9.17) is 24.7 Å². The first kappa shape index (κ1) is 29.8. The minimum atomic E-state index is -3.68. The number of nitrogens with one attached hydrogen (secondary N) is 1. The Labute approximate surface area is 229 Å². The lowest BCUT2D eigenvalue weighted by Crippen LogP contribution is -2.42. The number of carbonyl (C=O) groups is 2. The number of benzene rings is 2. The summed E-state index contributed by atoms with van der Waals surface area (Å²) in [7, 11) is -2.21. The lowest BCUT2D eigenvalue weighted by Gasteiger charge is -2.28. The number of nitrogens with two attached hydrogens (primary N) is 1. The van der Waals surface area contributed by atoms with Gasteiger partial charge in [-0.2, -0.15) is 0 Å².